The zero-order valence-corrected chi connectivity index (χ0v) is 20.9. The van der Waals surface area contributed by atoms with Crippen molar-refractivity contribution in [2.24, 2.45) is 5.92 Å². The quantitative estimate of drug-likeness (QED) is 0.597. The monoisotopic (exact) mass is 501 g/mol. The molecule has 5 rings (SSSR count). The van der Waals surface area contributed by atoms with E-state index in [0.29, 0.717) is 43.7 Å². The number of amides is 1. The van der Waals surface area contributed by atoms with Crippen LogP contribution in [0.3, 0.4) is 0 Å². The maximum Gasteiger partial charge on any atom is 0.225 e. The van der Waals surface area contributed by atoms with Crippen LogP contribution in [0.4, 0.5) is 11.4 Å². The van der Waals surface area contributed by atoms with Gasteiger partial charge in [-0.05, 0) is 25.0 Å². The summed E-state index contributed by atoms with van der Waals surface area (Å²) in [5, 5.41) is 0.419. The summed E-state index contributed by atoms with van der Waals surface area (Å²) < 4.78 is 35.0. The highest BCUT2D eigenvalue weighted by atomic mass is 32.2. The van der Waals surface area contributed by atoms with E-state index in [4.69, 9.17) is 18.9 Å². The number of aromatic nitrogens is 1. The van der Waals surface area contributed by atoms with Gasteiger partial charge < -0.3 is 28.7 Å². The molecule has 1 unspecified atom stereocenters. The Bertz CT molecular complexity index is 1110. The van der Waals surface area contributed by atoms with E-state index in [-0.39, 0.29) is 17.9 Å². The number of rotatable bonds is 6. The number of pyridine rings is 1. The smallest absolute Gasteiger partial charge is 0.225 e. The summed E-state index contributed by atoms with van der Waals surface area (Å²) in [6, 6.07) is 7.64. The van der Waals surface area contributed by atoms with Gasteiger partial charge in [0.25, 0.3) is 0 Å². The fraction of sp³-hybridized carbons (Fsp3) is 0.520. The number of carbonyl (C=O) groups is 1. The van der Waals surface area contributed by atoms with E-state index in [1.807, 2.05) is 29.2 Å². The van der Waals surface area contributed by atoms with Gasteiger partial charge in [0.1, 0.15) is 24.2 Å². The molecule has 10 heteroatoms. The molecule has 0 saturated carbocycles. The predicted molar refractivity (Wildman–Crippen MR) is 131 cm³/mol. The number of hydrogen-bond donors (Lipinski definition) is 0. The Balaban J connectivity index is 1.31. The molecule has 1 aromatic heterocycles. The van der Waals surface area contributed by atoms with Crippen LogP contribution in [0, 0.1) is 5.92 Å². The Morgan fingerprint density at radius 2 is 1.97 bits per heavy atom. The van der Waals surface area contributed by atoms with E-state index in [1.165, 1.54) is 0 Å². The molecule has 0 N–H and O–H groups in total. The van der Waals surface area contributed by atoms with E-state index in [2.05, 4.69) is 9.88 Å². The fourth-order valence-electron chi connectivity index (χ4n) is 4.89. The van der Waals surface area contributed by atoms with Crippen LogP contribution in [0.15, 0.2) is 35.5 Å². The molecule has 1 amide bonds. The molecular weight excluding hydrogens is 470 g/mol. The van der Waals surface area contributed by atoms with Crippen molar-refractivity contribution in [1.82, 2.24) is 9.88 Å². The first-order valence-electron chi connectivity index (χ1n) is 12.0. The van der Waals surface area contributed by atoms with Gasteiger partial charge in [-0.2, -0.15) is 0 Å². The van der Waals surface area contributed by atoms with Gasteiger partial charge in [-0.25, -0.2) is 4.98 Å². The molecule has 3 aliphatic rings. The van der Waals surface area contributed by atoms with Gasteiger partial charge in [-0.3, -0.25) is 9.00 Å². The number of nitrogens with zero attached hydrogens (tertiary/aromatic N) is 3. The third-order valence-electron chi connectivity index (χ3n) is 6.73. The first-order valence-corrected chi connectivity index (χ1v) is 13.5. The topological polar surface area (TPSA) is 90.4 Å². The van der Waals surface area contributed by atoms with Crippen molar-refractivity contribution in [3.8, 4) is 17.2 Å². The van der Waals surface area contributed by atoms with Crippen molar-refractivity contribution < 1.29 is 28.0 Å². The normalized spacial score (nSPS) is 21.3. The molecule has 0 spiro atoms. The third-order valence-corrected chi connectivity index (χ3v) is 7.58. The van der Waals surface area contributed by atoms with Crippen molar-refractivity contribution in [3.63, 3.8) is 0 Å². The largest absolute Gasteiger partial charge is 0.494 e. The van der Waals surface area contributed by atoms with E-state index in [0.717, 1.165) is 48.7 Å². The second-order valence-corrected chi connectivity index (χ2v) is 10.3. The zero-order valence-electron chi connectivity index (χ0n) is 20.1. The molecule has 1 aromatic carbocycles. The average Bonchev–Trinajstić information content (AvgIpc) is 3.36. The maximum atomic E-state index is 12.9. The standard InChI is InChI=1S/C25H31N3O6S/c1-31-23-13-18(15-26-24(23)35(2)30)28-9-12-33-22-4-3-19(14-21(22)28)34-20-5-8-27(16-20)25(29)17-6-10-32-11-7-17/h3-4,13-15,17,20H,5-12,16H2,1-2H3/t20-,35?/m0/s1. The van der Waals surface area contributed by atoms with E-state index in [9.17, 15) is 9.00 Å². The molecule has 2 fully saturated rings. The number of ether oxygens (including phenoxy) is 4. The van der Waals surface area contributed by atoms with Gasteiger partial charge in [0, 0.05) is 50.5 Å². The predicted octanol–water partition coefficient (Wildman–Crippen LogP) is 2.76. The molecule has 2 aromatic rings. The number of methoxy groups -OCH3 is 1. The lowest BCUT2D eigenvalue weighted by Crippen LogP contribution is -2.38. The molecule has 35 heavy (non-hydrogen) atoms. The van der Waals surface area contributed by atoms with Crippen LogP contribution in [0.25, 0.3) is 0 Å². The molecule has 188 valence electrons. The number of benzene rings is 1. The minimum atomic E-state index is -1.25. The lowest BCUT2D eigenvalue weighted by molar-refractivity contribution is -0.137. The van der Waals surface area contributed by atoms with Gasteiger partial charge in [0.05, 0.1) is 48.6 Å². The second kappa shape index (κ2) is 10.4. The van der Waals surface area contributed by atoms with Crippen molar-refractivity contribution in [1.29, 1.82) is 0 Å². The molecule has 9 nitrogen and oxygen atoms in total. The van der Waals surface area contributed by atoms with Gasteiger partial charge >= 0.3 is 0 Å². The van der Waals surface area contributed by atoms with E-state index in [1.54, 1.807) is 19.6 Å². The third kappa shape index (κ3) is 5.08. The molecule has 4 heterocycles. The number of anilines is 2. The summed E-state index contributed by atoms with van der Waals surface area (Å²) >= 11 is 0. The van der Waals surface area contributed by atoms with Crippen molar-refractivity contribution in [3.05, 3.63) is 30.5 Å². The van der Waals surface area contributed by atoms with Crippen LogP contribution in [0.5, 0.6) is 17.2 Å². The maximum absolute atomic E-state index is 12.9. The van der Waals surface area contributed by atoms with Crippen LogP contribution in [-0.4, -0.2) is 78.9 Å². The van der Waals surface area contributed by atoms with Crippen molar-refractivity contribution in [2.45, 2.75) is 30.4 Å². The highest BCUT2D eigenvalue weighted by Crippen LogP contribution is 2.40. The first kappa shape index (κ1) is 23.9. The number of hydrogen-bond acceptors (Lipinski definition) is 8. The molecule has 0 radical (unpaired) electrons. The summed E-state index contributed by atoms with van der Waals surface area (Å²) in [5.41, 5.74) is 1.70. The number of fused-ring (bicyclic) bond motifs is 1. The van der Waals surface area contributed by atoms with Gasteiger partial charge in [-0.15, -0.1) is 0 Å². The molecule has 0 bridgehead atoms. The first-order chi connectivity index (χ1) is 17.0. The highest BCUT2D eigenvalue weighted by molar-refractivity contribution is 7.84. The van der Waals surface area contributed by atoms with E-state index < -0.39 is 10.8 Å². The summed E-state index contributed by atoms with van der Waals surface area (Å²) in [7, 11) is 0.302. The second-order valence-electron chi connectivity index (χ2n) is 8.98. The van der Waals surface area contributed by atoms with Crippen LogP contribution in [0.2, 0.25) is 0 Å². The van der Waals surface area contributed by atoms with Crippen LogP contribution >= 0.6 is 0 Å². The highest BCUT2D eigenvalue weighted by Gasteiger charge is 2.33. The zero-order chi connectivity index (χ0) is 24.4. The number of carbonyl (C=O) groups excluding carboxylic acids is 1. The number of likely N-dealkylation sites (tertiary alicyclic amines) is 1. The van der Waals surface area contributed by atoms with Crippen LogP contribution in [0.1, 0.15) is 19.3 Å². The van der Waals surface area contributed by atoms with Gasteiger partial charge in [-0.1, -0.05) is 0 Å². The minimum Gasteiger partial charge on any atom is -0.494 e. The lowest BCUT2D eigenvalue weighted by atomic mass is 9.99. The van der Waals surface area contributed by atoms with Gasteiger partial charge in [0.15, 0.2) is 10.8 Å². The lowest BCUT2D eigenvalue weighted by Gasteiger charge is -2.32. The Labute approximate surface area is 207 Å². The molecule has 2 atom stereocenters. The Morgan fingerprint density at radius 3 is 2.74 bits per heavy atom. The summed E-state index contributed by atoms with van der Waals surface area (Å²) in [6.45, 7) is 3.81. The molecular formula is C25H31N3O6S. The van der Waals surface area contributed by atoms with Crippen molar-refractivity contribution in [2.75, 3.05) is 57.7 Å². The Hall–Kier alpha value is -2.85. The Kier molecular flexibility index (Phi) is 7.10. The molecule has 3 aliphatic heterocycles. The van der Waals surface area contributed by atoms with Crippen LogP contribution in [-0.2, 0) is 20.3 Å². The Morgan fingerprint density at radius 1 is 1.14 bits per heavy atom. The van der Waals surface area contributed by atoms with Crippen molar-refractivity contribution >= 4 is 28.1 Å². The van der Waals surface area contributed by atoms with Gasteiger partial charge in [0.2, 0.25) is 5.91 Å². The van der Waals surface area contributed by atoms with E-state index >= 15 is 0 Å². The van der Waals surface area contributed by atoms with Crippen LogP contribution < -0.4 is 19.1 Å². The SMILES string of the molecule is COc1cc(N2CCOc3ccc(O[C@H]4CCN(C(=O)C5CCOCC5)C4)cc32)cnc1S(C)=O. The molecule has 2 saturated heterocycles. The fourth-order valence-corrected chi connectivity index (χ4v) is 5.52. The summed E-state index contributed by atoms with van der Waals surface area (Å²) in [5.74, 6) is 2.27. The summed E-state index contributed by atoms with van der Waals surface area (Å²) in [4.78, 5) is 21.3. The molecule has 0 aliphatic carbocycles. The summed E-state index contributed by atoms with van der Waals surface area (Å²) in [6.07, 6.45) is 5.66. The minimum absolute atomic E-state index is 0.0459. The average molecular weight is 502 g/mol.